The van der Waals surface area contributed by atoms with E-state index in [-0.39, 0.29) is 34.8 Å². The van der Waals surface area contributed by atoms with Crippen LogP contribution < -0.4 is 10.6 Å². The summed E-state index contributed by atoms with van der Waals surface area (Å²) in [7, 11) is 0. The van der Waals surface area contributed by atoms with Gasteiger partial charge in [-0.2, -0.15) is 11.8 Å². The average Bonchev–Trinajstić information content (AvgIpc) is 2.61. The number of aliphatic imine (C=N–C) groups is 1. The summed E-state index contributed by atoms with van der Waals surface area (Å²) in [4.78, 5) is 4.88. The van der Waals surface area contributed by atoms with Crippen LogP contribution in [0.3, 0.4) is 0 Å². The van der Waals surface area contributed by atoms with E-state index in [1.165, 1.54) is 5.56 Å². The first kappa shape index (κ1) is 23.0. The van der Waals surface area contributed by atoms with Crippen molar-refractivity contribution in [3.05, 3.63) is 34.3 Å². The molecule has 1 saturated heterocycles. The smallest absolute Gasteiger partial charge is 0.191 e. The van der Waals surface area contributed by atoms with Gasteiger partial charge >= 0.3 is 0 Å². The van der Waals surface area contributed by atoms with Crippen molar-refractivity contribution in [2.45, 2.75) is 37.5 Å². The Bertz CT molecular complexity index is 553. The Hall–Kier alpha value is 0.01000. The molecule has 1 aromatic carbocycles. The van der Waals surface area contributed by atoms with Crippen molar-refractivity contribution >= 4 is 57.6 Å². The number of hydrogen-bond donors (Lipinski definition) is 2. The number of thioether (sulfide) groups is 1. The van der Waals surface area contributed by atoms with E-state index in [1.54, 1.807) is 0 Å². The van der Waals surface area contributed by atoms with E-state index >= 15 is 0 Å². The topological polar surface area (TPSA) is 45.7 Å². The Morgan fingerprint density at radius 3 is 2.64 bits per heavy atom. The average molecular weight is 542 g/mol. The van der Waals surface area contributed by atoms with Crippen LogP contribution in [-0.2, 0) is 4.74 Å². The minimum atomic E-state index is 0. The Labute approximate surface area is 181 Å². The summed E-state index contributed by atoms with van der Waals surface area (Å²) in [6.45, 7) is 7.60. The highest BCUT2D eigenvalue weighted by molar-refractivity contribution is 14.0. The summed E-state index contributed by atoms with van der Waals surface area (Å²) < 4.78 is 6.84. The zero-order valence-corrected chi connectivity index (χ0v) is 19.9. The highest BCUT2D eigenvalue weighted by Gasteiger charge is 2.31. The second kappa shape index (κ2) is 11.7. The maximum Gasteiger partial charge on any atom is 0.191 e. The van der Waals surface area contributed by atoms with Gasteiger partial charge < -0.3 is 15.4 Å². The van der Waals surface area contributed by atoms with E-state index in [0.29, 0.717) is 0 Å². The Morgan fingerprint density at radius 1 is 1.36 bits per heavy atom. The third-order valence-corrected chi connectivity index (χ3v) is 6.56. The number of hydrogen-bond acceptors (Lipinski definition) is 3. The molecule has 25 heavy (non-hydrogen) atoms. The van der Waals surface area contributed by atoms with Crippen LogP contribution in [0.4, 0.5) is 0 Å². The fourth-order valence-corrected chi connectivity index (χ4v) is 4.22. The molecule has 0 amide bonds. The van der Waals surface area contributed by atoms with Crippen LogP contribution >= 0.6 is 51.7 Å². The summed E-state index contributed by atoms with van der Waals surface area (Å²) in [6, 6.07) is 8.48. The predicted octanol–water partition coefficient (Wildman–Crippen LogP) is 4.60. The molecule has 1 heterocycles. The molecule has 7 heteroatoms. The fraction of sp³-hybridized carbons (Fsp3) is 0.611. The number of nitrogens with one attached hydrogen (secondary N) is 2. The van der Waals surface area contributed by atoms with Gasteiger partial charge in [0.05, 0.1) is 12.6 Å². The quantitative estimate of drug-likeness (QED) is 0.314. The summed E-state index contributed by atoms with van der Waals surface area (Å²) >= 11 is 5.55. The Balaban J connectivity index is 0.00000312. The predicted molar refractivity (Wildman–Crippen MR) is 123 cm³/mol. The van der Waals surface area contributed by atoms with Gasteiger partial charge in [-0.15, -0.1) is 24.0 Å². The normalized spacial score (nSPS) is 18.2. The minimum Gasteiger partial charge on any atom is -0.381 e. The standard InChI is InChI=1S/C18H28BrN3OS.HI/c1-4-20-17(21-13-18(24-3)9-11-23-12-10-18)22-14(2)15-7-5-6-8-16(15)19;/h5-8,14H,4,9-13H2,1-3H3,(H2,20,21,22);1H. The molecule has 0 aromatic heterocycles. The van der Waals surface area contributed by atoms with Gasteiger partial charge in [0.2, 0.25) is 0 Å². The maximum absolute atomic E-state index is 5.52. The van der Waals surface area contributed by atoms with Gasteiger partial charge in [0.15, 0.2) is 5.96 Å². The van der Waals surface area contributed by atoms with Crippen LogP contribution in [-0.4, -0.2) is 43.3 Å². The molecule has 1 aliphatic rings. The van der Waals surface area contributed by atoms with Crippen LogP contribution in [0.2, 0.25) is 0 Å². The number of benzene rings is 1. The van der Waals surface area contributed by atoms with Crippen molar-refractivity contribution in [1.29, 1.82) is 0 Å². The number of ether oxygens (including phenoxy) is 1. The molecule has 142 valence electrons. The molecule has 0 bridgehead atoms. The molecule has 0 radical (unpaired) electrons. The number of nitrogens with zero attached hydrogens (tertiary/aromatic N) is 1. The first-order valence-electron chi connectivity index (χ1n) is 8.52. The third kappa shape index (κ3) is 6.92. The molecule has 0 saturated carbocycles. The van der Waals surface area contributed by atoms with Crippen LogP contribution in [0.15, 0.2) is 33.7 Å². The fourth-order valence-electron chi connectivity index (χ4n) is 2.82. The first-order valence-corrected chi connectivity index (χ1v) is 10.5. The molecule has 4 nitrogen and oxygen atoms in total. The monoisotopic (exact) mass is 541 g/mol. The summed E-state index contributed by atoms with van der Waals surface area (Å²) in [5.74, 6) is 0.876. The van der Waals surface area contributed by atoms with Gasteiger partial charge in [0.1, 0.15) is 0 Å². The molecule has 1 aromatic rings. The van der Waals surface area contributed by atoms with Crippen molar-refractivity contribution in [3.63, 3.8) is 0 Å². The Kier molecular flexibility index (Phi) is 10.8. The van der Waals surface area contributed by atoms with E-state index in [4.69, 9.17) is 9.73 Å². The largest absolute Gasteiger partial charge is 0.381 e. The third-order valence-electron chi connectivity index (χ3n) is 4.43. The van der Waals surface area contributed by atoms with Gasteiger partial charge in [-0.3, -0.25) is 4.99 Å². The summed E-state index contributed by atoms with van der Waals surface area (Å²) in [5.41, 5.74) is 1.23. The lowest BCUT2D eigenvalue weighted by Crippen LogP contribution is -2.41. The maximum atomic E-state index is 5.52. The van der Waals surface area contributed by atoms with E-state index in [1.807, 2.05) is 17.8 Å². The van der Waals surface area contributed by atoms with Crippen molar-refractivity contribution in [3.8, 4) is 0 Å². The molecule has 2 N–H and O–H groups in total. The van der Waals surface area contributed by atoms with Gasteiger partial charge in [0, 0.05) is 29.0 Å². The number of halogens is 2. The SMILES string of the molecule is CCNC(=NCC1(SC)CCOCC1)NC(C)c1ccccc1Br.I. The van der Waals surface area contributed by atoms with Crippen molar-refractivity contribution in [1.82, 2.24) is 10.6 Å². The zero-order valence-electron chi connectivity index (χ0n) is 15.2. The second-order valence-corrected chi connectivity index (χ2v) is 8.21. The van der Waals surface area contributed by atoms with Gasteiger partial charge in [-0.25, -0.2) is 0 Å². The highest BCUT2D eigenvalue weighted by Crippen LogP contribution is 2.34. The van der Waals surface area contributed by atoms with E-state index < -0.39 is 0 Å². The van der Waals surface area contributed by atoms with Gasteiger partial charge in [-0.1, -0.05) is 34.1 Å². The van der Waals surface area contributed by atoms with Crippen LogP contribution in [0, 0.1) is 0 Å². The molecule has 1 unspecified atom stereocenters. The lowest BCUT2D eigenvalue weighted by atomic mass is 9.99. The van der Waals surface area contributed by atoms with E-state index in [0.717, 1.165) is 49.6 Å². The molecule has 0 aliphatic carbocycles. The minimum absolute atomic E-state index is 0. The van der Waals surface area contributed by atoms with Crippen LogP contribution in [0.25, 0.3) is 0 Å². The molecule has 1 atom stereocenters. The molecular weight excluding hydrogens is 513 g/mol. The molecule has 1 aliphatic heterocycles. The molecule has 2 rings (SSSR count). The van der Waals surface area contributed by atoms with E-state index in [2.05, 4.69) is 64.9 Å². The van der Waals surface area contributed by atoms with Gasteiger partial charge in [0.25, 0.3) is 0 Å². The van der Waals surface area contributed by atoms with Crippen LogP contribution in [0.5, 0.6) is 0 Å². The second-order valence-electron chi connectivity index (χ2n) is 6.08. The van der Waals surface area contributed by atoms with E-state index in [9.17, 15) is 0 Å². The van der Waals surface area contributed by atoms with Crippen molar-refractivity contribution in [2.24, 2.45) is 4.99 Å². The first-order chi connectivity index (χ1) is 11.6. The number of rotatable bonds is 6. The molecule has 0 spiro atoms. The van der Waals surface area contributed by atoms with Crippen molar-refractivity contribution < 1.29 is 4.74 Å². The van der Waals surface area contributed by atoms with Crippen LogP contribution in [0.1, 0.15) is 38.3 Å². The van der Waals surface area contributed by atoms with Gasteiger partial charge in [-0.05, 0) is 44.6 Å². The molecule has 1 fully saturated rings. The van der Waals surface area contributed by atoms with Crippen molar-refractivity contribution in [2.75, 3.05) is 32.6 Å². The molecular formula is C18H29BrIN3OS. The summed E-state index contributed by atoms with van der Waals surface area (Å²) in [5, 5.41) is 6.89. The lowest BCUT2D eigenvalue weighted by molar-refractivity contribution is 0.0794. The Morgan fingerprint density at radius 2 is 2.04 bits per heavy atom. The highest BCUT2D eigenvalue weighted by atomic mass is 127. The zero-order chi connectivity index (χ0) is 17.4. The number of guanidine groups is 1. The summed E-state index contributed by atoms with van der Waals surface area (Å²) in [6.07, 6.45) is 4.32. The lowest BCUT2D eigenvalue weighted by Gasteiger charge is -2.34.